The fourth-order valence-corrected chi connectivity index (χ4v) is 3.41. The minimum Gasteiger partial charge on any atom is -0.399 e. The number of hydrazine groups is 1. The smallest absolute Gasteiger partial charge is 0.141 e. The van der Waals surface area contributed by atoms with Gasteiger partial charge < -0.3 is 21.4 Å². The van der Waals surface area contributed by atoms with Crippen molar-refractivity contribution in [3.8, 4) is 6.07 Å². The van der Waals surface area contributed by atoms with Crippen molar-refractivity contribution in [2.75, 3.05) is 17.7 Å². The number of rotatable bonds is 6. The Morgan fingerprint density at radius 1 is 1.26 bits per heavy atom. The molecule has 6 N–H and O–H groups in total. The van der Waals surface area contributed by atoms with Crippen LogP contribution in [0.3, 0.4) is 0 Å². The summed E-state index contributed by atoms with van der Waals surface area (Å²) in [6.45, 7) is 1.87. The predicted octanol–water partition coefficient (Wildman–Crippen LogP) is 4.70. The van der Waals surface area contributed by atoms with Crippen molar-refractivity contribution in [2.24, 2.45) is 11.6 Å². The van der Waals surface area contributed by atoms with E-state index in [1.807, 2.05) is 6.92 Å². The summed E-state index contributed by atoms with van der Waals surface area (Å²) in [4.78, 5) is 4.31. The molecule has 3 rings (SSSR count). The van der Waals surface area contributed by atoms with Crippen LogP contribution in [0.15, 0.2) is 48.4 Å². The third kappa shape index (κ3) is 5.09. The number of nitrogens with one attached hydrogen (secondary N) is 2. The van der Waals surface area contributed by atoms with E-state index in [9.17, 15) is 9.65 Å². The van der Waals surface area contributed by atoms with Crippen molar-refractivity contribution in [1.29, 1.82) is 5.26 Å². The van der Waals surface area contributed by atoms with Crippen molar-refractivity contribution in [3.05, 3.63) is 69.9 Å². The molecule has 0 aliphatic heterocycles. The summed E-state index contributed by atoms with van der Waals surface area (Å²) in [5, 5.41) is 18.3. The van der Waals surface area contributed by atoms with E-state index in [0.717, 1.165) is 0 Å². The molecule has 3 aromatic rings. The summed E-state index contributed by atoms with van der Waals surface area (Å²) in [7, 11) is 1.67. The molecule has 160 valence electrons. The van der Waals surface area contributed by atoms with Crippen LogP contribution in [0.2, 0.25) is 10.0 Å². The monoisotopic (exact) mass is 459 g/mol. The average Bonchev–Trinajstić information content (AvgIpc) is 2.70. The molecule has 0 amide bonds. The highest BCUT2D eigenvalue weighted by atomic mass is 35.5. The Morgan fingerprint density at radius 2 is 1.97 bits per heavy atom. The van der Waals surface area contributed by atoms with Gasteiger partial charge in [0.1, 0.15) is 11.9 Å². The van der Waals surface area contributed by atoms with Crippen molar-refractivity contribution >= 4 is 51.2 Å². The van der Waals surface area contributed by atoms with Gasteiger partial charge >= 0.3 is 0 Å². The predicted molar refractivity (Wildman–Crippen MR) is 123 cm³/mol. The second-order valence-corrected chi connectivity index (χ2v) is 7.74. The van der Waals surface area contributed by atoms with Gasteiger partial charge in [-0.05, 0) is 37.3 Å². The lowest BCUT2D eigenvalue weighted by Gasteiger charge is -2.19. The molecule has 1 aromatic heterocycles. The first-order valence-corrected chi connectivity index (χ1v) is 9.91. The lowest BCUT2D eigenvalue weighted by molar-refractivity contribution is 0.477. The molecule has 7 nitrogen and oxygen atoms in total. The molecule has 1 unspecified atom stereocenters. The van der Waals surface area contributed by atoms with Crippen LogP contribution in [-0.4, -0.2) is 23.1 Å². The number of halogens is 3. The second kappa shape index (κ2) is 9.27. The zero-order valence-corrected chi connectivity index (χ0v) is 18.3. The minimum absolute atomic E-state index is 0.0387. The van der Waals surface area contributed by atoms with E-state index in [-0.39, 0.29) is 11.1 Å². The Bertz CT molecular complexity index is 1200. The van der Waals surface area contributed by atoms with Gasteiger partial charge in [0.2, 0.25) is 0 Å². The van der Waals surface area contributed by atoms with Crippen molar-refractivity contribution in [3.63, 3.8) is 0 Å². The molecule has 0 aliphatic rings. The zero-order chi connectivity index (χ0) is 22.7. The Hall–Kier alpha value is -3.25. The van der Waals surface area contributed by atoms with Gasteiger partial charge in [-0.1, -0.05) is 23.2 Å². The Labute approximate surface area is 189 Å². The molecule has 2 aromatic carbocycles. The van der Waals surface area contributed by atoms with Gasteiger partial charge in [0.05, 0.1) is 32.9 Å². The standard InChI is InChI=1S/C21H20Cl2FN7/c1-11(19(26)10-31(2)27)29-14-5-15-20(30-13-3-4-18(24)16(22)6-13)12(8-25)9-28-21(15)17(23)7-14/h3-7,9-11,29H,26-27H2,1-2H3,(H,28,30)/b19-10-. The van der Waals surface area contributed by atoms with Gasteiger partial charge in [0.25, 0.3) is 0 Å². The molecule has 0 saturated carbocycles. The maximum atomic E-state index is 13.5. The number of nitrogens with two attached hydrogens (primary N) is 2. The van der Waals surface area contributed by atoms with Gasteiger partial charge in [-0.25, -0.2) is 10.2 Å². The van der Waals surface area contributed by atoms with Crippen molar-refractivity contribution in [1.82, 2.24) is 9.99 Å². The first-order valence-electron chi connectivity index (χ1n) is 9.15. The molecule has 0 spiro atoms. The van der Waals surface area contributed by atoms with E-state index >= 15 is 0 Å². The summed E-state index contributed by atoms with van der Waals surface area (Å²) in [5.41, 5.74) is 9.01. The van der Waals surface area contributed by atoms with E-state index in [0.29, 0.717) is 44.2 Å². The Balaban J connectivity index is 2.08. The number of pyridine rings is 1. The molecule has 0 aliphatic carbocycles. The molecular weight excluding hydrogens is 440 g/mol. The number of benzene rings is 2. The molecule has 1 heterocycles. The van der Waals surface area contributed by atoms with Crippen LogP contribution in [0.4, 0.5) is 21.5 Å². The van der Waals surface area contributed by atoms with Crippen LogP contribution in [0, 0.1) is 17.1 Å². The summed E-state index contributed by atoms with van der Waals surface area (Å²) >= 11 is 12.4. The fraction of sp³-hybridized carbons (Fsp3) is 0.143. The van der Waals surface area contributed by atoms with Crippen LogP contribution in [0.1, 0.15) is 12.5 Å². The molecule has 10 heteroatoms. The molecule has 0 radical (unpaired) electrons. The van der Waals surface area contributed by atoms with E-state index in [2.05, 4.69) is 21.7 Å². The second-order valence-electron chi connectivity index (χ2n) is 6.93. The largest absolute Gasteiger partial charge is 0.399 e. The molecular formula is C21H20Cl2FN7. The van der Waals surface area contributed by atoms with E-state index < -0.39 is 5.82 Å². The van der Waals surface area contributed by atoms with Crippen LogP contribution in [0.25, 0.3) is 10.9 Å². The number of anilines is 3. The lowest BCUT2D eigenvalue weighted by atomic mass is 10.1. The highest BCUT2D eigenvalue weighted by molar-refractivity contribution is 6.36. The van der Waals surface area contributed by atoms with E-state index in [1.165, 1.54) is 29.4 Å². The van der Waals surface area contributed by atoms with Crippen LogP contribution in [-0.2, 0) is 0 Å². The third-order valence-electron chi connectivity index (χ3n) is 4.47. The van der Waals surface area contributed by atoms with Crippen LogP contribution in [0.5, 0.6) is 0 Å². The molecule has 0 fully saturated rings. The van der Waals surface area contributed by atoms with E-state index in [4.69, 9.17) is 34.8 Å². The number of fused-ring (bicyclic) bond motifs is 1. The maximum absolute atomic E-state index is 13.5. The molecule has 0 saturated heterocycles. The average molecular weight is 460 g/mol. The van der Waals surface area contributed by atoms with E-state index in [1.54, 1.807) is 25.4 Å². The first-order chi connectivity index (χ1) is 14.7. The zero-order valence-electron chi connectivity index (χ0n) is 16.7. The number of nitriles is 1. The lowest BCUT2D eigenvalue weighted by Crippen LogP contribution is -2.28. The number of nitrogens with zero attached hydrogens (tertiary/aromatic N) is 3. The topological polar surface area (TPSA) is 116 Å². The van der Waals surface area contributed by atoms with Crippen molar-refractivity contribution in [2.45, 2.75) is 13.0 Å². The summed E-state index contributed by atoms with van der Waals surface area (Å²) in [6.07, 6.45) is 3.02. The number of hydrogen-bond donors (Lipinski definition) is 4. The van der Waals surface area contributed by atoms with Crippen LogP contribution < -0.4 is 22.2 Å². The molecule has 0 bridgehead atoms. The maximum Gasteiger partial charge on any atom is 0.141 e. The Morgan fingerprint density at radius 3 is 2.61 bits per heavy atom. The Kier molecular flexibility index (Phi) is 6.71. The van der Waals surface area contributed by atoms with Crippen LogP contribution >= 0.6 is 23.2 Å². The summed E-state index contributed by atoms with van der Waals surface area (Å²) < 4.78 is 13.5. The van der Waals surface area contributed by atoms with Crippen molar-refractivity contribution < 1.29 is 4.39 Å². The third-order valence-corrected chi connectivity index (χ3v) is 5.05. The number of aromatic nitrogens is 1. The quantitative estimate of drug-likeness (QED) is 0.311. The summed E-state index contributed by atoms with van der Waals surface area (Å²) in [5.74, 6) is 5.08. The van der Waals surface area contributed by atoms with Gasteiger partial charge in [0.15, 0.2) is 0 Å². The van der Waals surface area contributed by atoms with Gasteiger partial charge in [-0.15, -0.1) is 0 Å². The molecule has 1 atom stereocenters. The normalized spacial score (nSPS) is 12.4. The first kappa shape index (κ1) is 22.4. The fourth-order valence-electron chi connectivity index (χ4n) is 2.96. The highest BCUT2D eigenvalue weighted by Crippen LogP contribution is 2.35. The van der Waals surface area contributed by atoms with Gasteiger partial charge in [-0.2, -0.15) is 5.26 Å². The van der Waals surface area contributed by atoms with Gasteiger partial charge in [0, 0.05) is 41.9 Å². The molecule has 31 heavy (non-hydrogen) atoms. The van der Waals surface area contributed by atoms with Gasteiger partial charge in [-0.3, -0.25) is 4.98 Å². The SMILES string of the molecule is CC(Nc1cc(Cl)c2ncc(C#N)c(Nc3ccc(F)c(Cl)c3)c2c1)/C(N)=C/N(C)N. The number of hydrogen-bond acceptors (Lipinski definition) is 7. The minimum atomic E-state index is -0.537. The summed E-state index contributed by atoms with van der Waals surface area (Å²) in [6, 6.07) is 9.58. The highest BCUT2D eigenvalue weighted by Gasteiger charge is 2.15.